The number of halogens is 1. The van der Waals surface area contributed by atoms with Gasteiger partial charge in [0.1, 0.15) is 11.5 Å². The van der Waals surface area contributed by atoms with Crippen LogP contribution in [-0.4, -0.2) is 46.8 Å². The molecule has 3 N–H and O–H groups in total. The Kier molecular flexibility index (Phi) is 5.71. The van der Waals surface area contributed by atoms with Gasteiger partial charge in [0.05, 0.1) is 0 Å². The summed E-state index contributed by atoms with van der Waals surface area (Å²) >= 11 is 0. The molecule has 0 radical (unpaired) electrons. The number of rotatable bonds is 3. The van der Waals surface area contributed by atoms with Crippen molar-refractivity contribution < 1.29 is 9.18 Å². The first-order chi connectivity index (χ1) is 16.5. The Balaban J connectivity index is 1.37. The molecule has 1 aliphatic heterocycles. The molecule has 1 aromatic heterocycles. The number of hydrogen-bond donors (Lipinski definition) is 2. The molecule has 0 aliphatic carbocycles. The van der Waals surface area contributed by atoms with Crippen LogP contribution in [-0.2, 0) is 0 Å². The summed E-state index contributed by atoms with van der Waals surface area (Å²) in [6.45, 7) is 3.79. The van der Waals surface area contributed by atoms with E-state index in [1.165, 1.54) is 12.1 Å². The lowest BCUT2D eigenvalue weighted by Crippen LogP contribution is -2.55. The maximum atomic E-state index is 13.1. The fourth-order valence-electron chi connectivity index (χ4n) is 4.36. The molecule has 2 heterocycles. The molecule has 1 aliphatic rings. The van der Waals surface area contributed by atoms with Gasteiger partial charge in [-0.15, -0.1) is 10.2 Å². The number of nitrogens with two attached hydrogens (primary N) is 1. The molecule has 172 valence electrons. The molecule has 5 rings (SSSR count). The van der Waals surface area contributed by atoms with Gasteiger partial charge in [0.15, 0.2) is 5.82 Å². The van der Waals surface area contributed by atoms with Gasteiger partial charge in [-0.25, -0.2) is 9.18 Å². The third kappa shape index (κ3) is 4.22. The highest BCUT2D eigenvalue weighted by Gasteiger charge is 2.29. The third-order valence-corrected chi connectivity index (χ3v) is 6.14. The van der Waals surface area contributed by atoms with E-state index in [9.17, 15) is 9.18 Å². The van der Waals surface area contributed by atoms with Gasteiger partial charge in [-0.05, 0) is 43.3 Å². The van der Waals surface area contributed by atoms with E-state index in [1.807, 2.05) is 43.3 Å². The summed E-state index contributed by atoms with van der Waals surface area (Å²) in [5.74, 6) is 0.468. The summed E-state index contributed by atoms with van der Waals surface area (Å²) in [6.07, 6.45) is 0. The van der Waals surface area contributed by atoms with Crippen molar-refractivity contribution in [1.82, 2.24) is 15.1 Å². The second-order valence-corrected chi connectivity index (χ2v) is 8.47. The molecule has 7 nitrogen and oxygen atoms in total. The van der Waals surface area contributed by atoms with Crippen LogP contribution in [0.3, 0.4) is 0 Å². The second kappa shape index (κ2) is 8.97. The first kappa shape index (κ1) is 21.6. The topological polar surface area (TPSA) is 87.4 Å². The lowest BCUT2D eigenvalue weighted by atomic mass is 10.0. The Morgan fingerprint density at radius 3 is 2.38 bits per heavy atom. The predicted molar refractivity (Wildman–Crippen MR) is 133 cm³/mol. The van der Waals surface area contributed by atoms with Crippen molar-refractivity contribution in [2.24, 2.45) is 0 Å². The molecule has 2 amide bonds. The Morgan fingerprint density at radius 1 is 0.971 bits per heavy atom. The average molecular weight is 457 g/mol. The van der Waals surface area contributed by atoms with E-state index in [0.29, 0.717) is 31.0 Å². The van der Waals surface area contributed by atoms with Crippen molar-refractivity contribution in [1.29, 1.82) is 0 Å². The van der Waals surface area contributed by atoms with Crippen LogP contribution in [0.5, 0.6) is 0 Å². The van der Waals surface area contributed by atoms with Crippen LogP contribution in [0, 0.1) is 5.82 Å². The van der Waals surface area contributed by atoms with Crippen molar-refractivity contribution in [3.63, 3.8) is 0 Å². The van der Waals surface area contributed by atoms with E-state index in [2.05, 4.69) is 32.5 Å². The molecule has 34 heavy (non-hydrogen) atoms. The smallest absolute Gasteiger partial charge is 0.322 e. The maximum Gasteiger partial charge on any atom is 0.322 e. The van der Waals surface area contributed by atoms with Gasteiger partial charge < -0.3 is 20.9 Å². The zero-order chi connectivity index (χ0) is 23.7. The normalized spacial score (nSPS) is 16.0. The lowest BCUT2D eigenvalue weighted by molar-refractivity contribution is 0.184. The minimum Gasteiger partial charge on any atom is -0.399 e. The SMILES string of the molecule is C[C@H]1CN(c2nnc(-c3ccc(N)cc3)c3ccccc23)CCN1C(=O)Nc1ccc(F)cc1. The number of carbonyl (C=O) groups is 1. The zero-order valence-electron chi connectivity index (χ0n) is 18.8. The maximum absolute atomic E-state index is 13.1. The largest absolute Gasteiger partial charge is 0.399 e. The summed E-state index contributed by atoms with van der Waals surface area (Å²) in [6, 6.07) is 21.2. The highest BCUT2D eigenvalue weighted by Crippen LogP contribution is 2.32. The van der Waals surface area contributed by atoms with E-state index >= 15 is 0 Å². The number of hydrogen-bond acceptors (Lipinski definition) is 5. The number of fused-ring (bicyclic) bond motifs is 1. The van der Waals surface area contributed by atoms with E-state index < -0.39 is 0 Å². The highest BCUT2D eigenvalue weighted by atomic mass is 19.1. The molecule has 1 saturated heterocycles. The van der Waals surface area contributed by atoms with Gasteiger partial charge in [0.25, 0.3) is 0 Å². The molecule has 4 aromatic rings. The van der Waals surface area contributed by atoms with Crippen LogP contribution in [0.4, 0.5) is 26.4 Å². The number of nitrogens with zero attached hydrogens (tertiary/aromatic N) is 4. The van der Waals surface area contributed by atoms with E-state index in [0.717, 1.165) is 27.8 Å². The second-order valence-electron chi connectivity index (χ2n) is 8.47. The number of anilines is 3. The van der Waals surface area contributed by atoms with E-state index in [4.69, 9.17) is 5.73 Å². The third-order valence-electron chi connectivity index (χ3n) is 6.14. The Hall–Kier alpha value is -4.20. The summed E-state index contributed by atoms with van der Waals surface area (Å²) in [5, 5.41) is 14.0. The number of nitrogen functional groups attached to an aromatic ring is 1. The minimum atomic E-state index is -0.337. The average Bonchev–Trinajstić information content (AvgIpc) is 2.85. The van der Waals surface area contributed by atoms with E-state index in [1.54, 1.807) is 17.0 Å². The highest BCUT2D eigenvalue weighted by molar-refractivity contribution is 6.00. The molecule has 3 aromatic carbocycles. The molecule has 0 spiro atoms. The number of carbonyl (C=O) groups excluding carboxylic acids is 1. The van der Waals surface area contributed by atoms with Gasteiger partial charge in [-0.1, -0.05) is 36.4 Å². The molecule has 1 atom stereocenters. The minimum absolute atomic E-state index is 0.0495. The first-order valence-electron chi connectivity index (χ1n) is 11.2. The van der Waals surface area contributed by atoms with E-state index in [-0.39, 0.29) is 17.9 Å². The van der Waals surface area contributed by atoms with Crippen LogP contribution < -0.4 is 16.0 Å². The molecular weight excluding hydrogens is 431 g/mol. The van der Waals surface area contributed by atoms with Gasteiger partial charge in [0, 0.05) is 53.4 Å². The van der Waals surface area contributed by atoms with Gasteiger partial charge in [0.2, 0.25) is 0 Å². The molecule has 8 heteroatoms. The summed E-state index contributed by atoms with van der Waals surface area (Å²) in [4.78, 5) is 16.8. The van der Waals surface area contributed by atoms with Crippen molar-refractivity contribution in [2.75, 3.05) is 35.6 Å². The van der Waals surface area contributed by atoms with Crippen molar-refractivity contribution in [2.45, 2.75) is 13.0 Å². The first-order valence-corrected chi connectivity index (χ1v) is 11.2. The Bertz CT molecular complexity index is 1330. The van der Waals surface area contributed by atoms with Gasteiger partial charge in [-0.3, -0.25) is 0 Å². The quantitative estimate of drug-likeness (QED) is 0.434. The molecule has 1 fully saturated rings. The monoisotopic (exact) mass is 456 g/mol. The fourth-order valence-corrected chi connectivity index (χ4v) is 4.36. The van der Waals surface area contributed by atoms with Crippen LogP contribution in [0.2, 0.25) is 0 Å². The van der Waals surface area contributed by atoms with Crippen molar-refractivity contribution in [3.05, 3.63) is 78.6 Å². The number of urea groups is 1. The van der Waals surface area contributed by atoms with Gasteiger partial charge >= 0.3 is 6.03 Å². The van der Waals surface area contributed by atoms with Crippen LogP contribution in [0.15, 0.2) is 72.8 Å². The number of piperazine rings is 1. The van der Waals surface area contributed by atoms with Crippen LogP contribution in [0.1, 0.15) is 6.92 Å². The van der Waals surface area contributed by atoms with Crippen LogP contribution in [0.25, 0.3) is 22.0 Å². The predicted octanol–water partition coefficient (Wildman–Crippen LogP) is 4.76. The molecule has 0 unspecified atom stereocenters. The van der Waals surface area contributed by atoms with Crippen LogP contribution >= 0.6 is 0 Å². The Morgan fingerprint density at radius 2 is 1.68 bits per heavy atom. The van der Waals surface area contributed by atoms with Gasteiger partial charge in [-0.2, -0.15) is 0 Å². The summed E-state index contributed by atoms with van der Waals surface area (Å²) in [7, 11) is 0. The van der Waals surface area contributed by atoms with Crippen molar-refractivity contribution in [3.8, 4) is 11.3 Å². The number of amides is 2. The Labute approximate surface area is 197 Å². The van der Waals surface area contributed by atoms with Crippen molar-refractivity contribution >= 4 is 34.0 Å². The standard InChI is InChI=1S/C26H25FN6O/c1-17-16-32(14-15-33(17)26(34)29-21-12-8-19(27)9-13-21)25-23-5-3-2-4-22(23)24(30-31-25)18-6-10-20(28)11-7-18/h2-13,17H,14-16,28H2,1H3,(H,29,34)/t17-/m0/s1. The fraction of sp³-hybridized carbons (Fsp3) is 0.192. The number of benzene rings is 3. The summed E-state index contributed by atoms with van der Waals surface area (Å²) < 4.78 is 13.1. The number of aromatic nitrogens is 2. The molecule has 0 bridgehead atoms. The summed E-state index contributed by atoms with van der Waals surface area (Å²) in [5.41, 5.74) is 8.88. The molecule has 0 saturated carbocycles. The lowest BCUT2D eigenvalue weighted by Gasteiger charge is -2.40. The number of nitrogens with one attached hydrogen (secondary N) is 1. The zero-order valence-corrected chi connectivity index (χ0v) is 18.8. The molecular formula is C26H25FN6O.